The molecule has 2 heterocycles. The first-order valence-corrected chi connectivity index (χ1v) is 8.21. The molecule has 2 unspecified atom stereocenters. The third-order valence-corrected chi connectivity index (χ3v) is 4.91. The van der Waals surface area contributed by atoms with Crippen LogP contribution in [-0.2, 0) is 0 Å². The largest absolute Gasteiger partial charge is 0.489 e. The summed E-state index contributed by atoms with van der Waals surface area (Å²) in [4.78, 5) is 0. The van der Waals surface area contributed by atoms with Crippen LogP contribution in [0, 0.1) is 5.92 Å². The summed E-state index contributed by atoms with van der Waals surface area (Å²) in [6, 6.07) is 7.22. The number of hydrogen-bond donors (Lipinski definition) is 1. The summed E-state index contributed by atoms with van der Waals surface area (Å²) in [5.74, 6) is 1.84. The van der Waals surface area contributed by atoms with Crippen LogP contribution in [0.2, 0.25) is 8.67 Å². The number of benzene rings is 1. The molecule has 3 rings (SSSR count). The summed E-state index contributed by atoms with van der Waals surface area (Å²) in [5, 5.41) is 0. The number of fused-ring (bicyclic) bond motifs is 1. The van der Waals surface area contributed by atoms with Crippen LogP contribution in [0.15, 0.2) is 24.3 Å². The van der Waals surface area contributed by atoms with Crippen molar-refractivity contribution in [3.05, 3.63) is 44.1 Å². The van der Waals surface area contributed by atoms with Crippen molar-refractivity contribution < 1.29 is 9.47 Å². The smallest absolute Gasteiger partial charge is 0.161 e. The van der Waals surface area contributed by atoms with Gasteiger partial charge in [-0.25, -0.2) is 0 Å². The molecule has 1 aliphatic heterocycles. The molecule has 0 spiro atoms. The quantitative estimate of drug-likeness (QED) is 0.872. The number of nitrogens with two attached hydrogens (primary N) is 1. The zero-order valence-electron chi connectivity index (χ0n) is 11.4. The second-order valence-electron chi connectivity index (χ2n) is 5.19. The van der Waals surface area contributed by atoms with E-state index in [-0.39, 0.29) is 6.04 Å². The highest BCUT2D eigenvalue weighted by molar-refractivity contribution is 7.20. The molecule has 112 valence electrons. The summed E-state index contributed by atoms with van der Waals surface area (Å²) < 4.78 is 12.8. The maximum Gasteiger partial charge on any atom is 0.161 e. The van der Waals surface area contributed by atoms with Gasteiger partial charge in [-0.2, -0.15) is 0 Å². The molecule has 6 heteroatoms. The van der Waals surface area contributed by atoms with Gasteiger partial charge in [-0.15, -0.1) is 11.3 Å². The zero-order chi connectivity index (χ0) is 15.0. The Balaban J connectivity index is 1.91. The Morgan fingerprint density at radius 2 is 1.90 bits per heavy atom. The Morgan fingerprint density at radius 1 is 1.19 bits per heavy atom. The summed E-state index contributed by atoms with van der Waals surface area (Å²) in [7, 11) is 0. The van der Waals surface area contributed by atoms with Crippen LogP contribution < -0.4 is 15.2 Å². The van der Waals surface area contributed by atoms with Crippen LogP contribution in [-0.4, -0.2) is 13.2 Å². The molecule has 0 saturated carbocycles. The average molecular weight is 344 g/mol. The van der Waals surface area contributed by atoms with E-state index in [1.54, 1.807) is 0 Å². The number of hydrogen-bond acceptors (Lipinski definition) is 4. The zero-order valence-corrected chi connectivity index (χ0v) is 13.8. The van der Waals surface area contributed by atoms with Gasteiger partial charge in [0.1, 0.15) is 0 Å². The summed E-state index contributed by atoms with van der Waals surface area (Å²) in [5.41, 5.74) is 8.05. The van der Waals surface area contributed by atoms with Crippen LogP contribution in [0.4, 0.5) is 0 Å². The van der Waals surface area contributed by atoms with Crippen molar-refractivity contribution in [2.45, 2.75) is 13.0 Å². The minimum Gasteiger partial charge on any atom is -0.489 e. The van der Waals surface area contributed by atoms with Crippen molar-refractivity contribution in [2.24, 2.45) is 11.7 Å². The monoisotopic (exact) mass is 343 g/mol. The molecule has 0 bridgehead atoms. The Bertz CT molecular complexity index is 659. The van der Waals surface area contributed by atoms with E-state index in [0.29, 0.717) is 27.8 Å². The molecule has 2 aromatic rings. The molecule has 1 aliphatic rings. The fourth-order valence-corrected chi connectivity index (χ4v) is 3.76. The van der Waals surface area contributed by atoms with Crippen LogP contribution in [0.25, 0.3) is 0 Å². The maximum atomic E-state index is 6.30. The minimum absolute atomic E-state index is 0.337. The Labute approximate surface area is 137 Å². The van der Waals surface area contributed by atoms with Gasteiger partial charge in [-0.3, -0.25) is 0 Å². The second kappa shape index (κ2) is 6.05. The lowest BCUT2D eigenvalue weighted by molar-refractivity contribution is 0.228. The van der Waals surface area contributed by atoms with E-state index in [0.717, 1.165) is 22.6 Å². The van der Waals surface area contributed by atoms with E-state index in [4.69, 9.17) is 38.4 Å². The van der Waals surface area contributed by atoms with Crippen molar-refractivity contribution in [2.75, 3.05) is 13.2 Å². The summed E-state index contributed by atoms with van der Waals surface area (Å²) >= 11 is 13.5. The summed E-state index contributed by atoms with van der Waals surface area (Å²) in [6.07, 6.45) is 0. The molecule has 0 fully saturated rings. The highest BCUT2D eigenvalue weighted by atomic mass is 35.5. The number of ether oxygens (including phenoxy) is 2. The molecular weight excluding hydrogens is 329 g/mol. The van der Waals surface area contributed by atoms with Gasteiger partial charge < -0.3 is 15.2 Å². The van der Waals surface area contributed by atoms with Crippen LogP contribution in [0.5, 0.6) is 11.5 Å². The lowest BCUT2D eigenvalue weighted by Gasteiger charge is -2.14. The first-order chi connectivity index (χ1) is 10.0. The first-order valence-electron chi connectivity index (χ1n) is 6.64. The van der Waals surface area contributed by atoms with E-state index in [2.05, 4.69) is 6.92 Å². The van der Waals surface area contributed by atoms with Gasteiger partial charge in [0.05, 0.1) is 27.9 Å². The van der Waals surface area contributed by atoms with E-state index < -0.39 is 0 Å². The SMILES string of the molecule is CC1COc2ccc(C(N)c3cc(Cl)sc3Cl)cc2OC1. The fourth-order valence-electron chi connectivity index (χ4n) is 2.21. The third-order valence-electron chi connectivity index (χ3n) is 3.39. The van der Waals surface area contributed by atoms with Crippen molar-refractivity contribution in [1.82, 2.24) is 0 Å². The standard InChI is InChI=1S/C15H15Cl2NO2S/c1-8-6-19-11-3-2-9(4-12(11)20-7-8)14(18)10-5-13(16)21-15(10)17/h2-5,8,14H,6-7,18H2,1H3. The number of thiophene rings is 1. The normalized spacial score (nSPS) is 19.1. The van der Waals surface area contributed by atoms with Gasteiger partial charge in [0.25, 0.3) is 0 Å². The topological polar surface area (TPSA) is 44.5 Å². The maximum absolute atomic E-state index is 6.30. The lowest BCUT2D eigenvalue weighted by Crippen LogP contribution is -2.12. The van der Waals surface area contributed by atoms with Gasteiger partial charge in [0.2, 0.25) is 0 Å². The average Bonchev–Trinajstić information content (AvgIpc) is 2.69. The molecule has 0 saturated heterocycles. The Morgan fingerprint density at radius 3 is 2.57 bits per heavy atom. The van der Waals surface area contributed by atoms with Crippen LogP contribution in [0.1, 0.15) is 24.1 Å². The highest BCUT2D eigenvalue weighted by Gasteiger charge is 2.20. The molecule has 1 aromatic carbocycles. The van der Waals surface area contributed by atoms with E-state index in [1.165, 1.54) is 11.3 Å². The predicted octanol–water partition coefficient (Wildman–Crippen LogP) is 4.51. The molecule has 0 radical (unpaired) electrons. The van der Waals surface area contributed by atoms with Crippen LogP contribution >= 0.6 is 34.5 Å². The van der Waals surface area contributed by atoms with E-state index >= 15 is 0 Å². The van der Waals surface area contributed by atoms with Crippen molar-refractivity contribution in [1.29, 1.82) is 0 Å². The van der Waals surface area contributed by atoms with Gasteiger partial charge in [-0.05, 0) is 23.8 Å². The highest BCUT2D eigenvalue weighted by Crippen LogP contribution is 2.39. The first kappa shape index (κ1) is 15.0. The minimum atomic E-state index is -0.337. The molecule has 3 nitrogen and oxygen atoms in total. The third kappa shape index (κ3) is 3.14. The predicted molar refractivity (Wildman–Crippen MR) is 87.0 cm³/mol. The molecule has 2 atom stereocenters. The van der Waals surface area contributed by atoms with Crippen molar-refractivity contribution >= 4 is 34.5 Å². The van der Waals surface area contributed by atoms with Gasteiger partial charge in [0.15, 0.2) is 11.5 Å². The lowest BCUT2D eigenvalue weighted by atomic mass is 10.0. The number of halogens is 2. The number of rotatable bonds is 2. The summed E-state index contributed by atoms with van der Waals surface area (Å²) in [6.45, 7) is 3.38. The van der Waals surface area contributed by atoms with Gasteiger partial charge in [0, 0.05) is 11.5 Å². The van der Waals surface area contributed by atoms with Gasteiger partial charge >= 0.3 is 0 Å². The molecule has 2 N–H and O–H groups in total. The fraction of sp³-hybridized carbons (Fsp3) is 0.333. The molecular formula is C15H15Cl2NO2S. The van der Waals surface area contributed by atoms with Crippen LogP contribution in [0.3, 0.4) is 0 Å². The molecule has 21 heavy (non-hydrogen) atoms. The molecule has 0 aliphatic carbocycles. The molecule has 0 amide bonds. The van der Waals surface area contributed by atoms with Gasteiger partial charge in [-0.1, -0.05) is 36.2 Å². The van der Waals surface area contributed by atoms with E-state index in [9.17, 15) is 0 Å². The van der Waals surface area contributed by atoms with Crippen molar-refractivity contribution in [3.63, 3.8) is 0 Å². The Hall–Kier alpha value is -0.940. The van der Waals surface area contributed by atoms with Crippen molar-refractivity contribution in [3.8, 4) is 11.5 Å². The molecule has 1 aromatic heterocycles. The second-order valence-corrected chi connectivity index (χ2v) is 7.48. The van der Waals surface area contributed by atoms with E-state index in [1.807, 2.05) is 24.3 Å². The Kier molecular flexibility index (Phi) is 4.31.